The number of carbonyl (C=O) groups excluding carboxylic acids is 1. The Kier molecular flexibility index (Phi) is 3.18. The van der Waals surface area contributed by atoms with Crippen LogP contribution in [0.3, 0.4) is 0 Å². The first-order valence-electron chi connectivity index (χ1n) is 4.60. The first kappa shape index (κ1) is 11.8. The molecule has 0 unspecified atom stereocenters. The quantitative estimate of drug-likeness (QED) is 0.712. The van der Waals surface area contributed by atoms with Crippen LogP contribution in [-0.4, -0.2) is 23.5 Å². The number of nitrogen functional groups attached to an aromatic ring is 1. The number of nitrogens with two attached hydrogens (primary N) is 1. The zero-order chi connectivity index (χ0) is 11.6. The van der Waals surface area contributed by atoms with E-state index in [2.05, 4.69) is 15.6 Å². The molecule has 0 radical (unpaired) electrons. The summed E-state index contributed by atoms with van der Waals surface area (Å²) in [7, 11) is 1.57. The van der Waals surface area contributed by atoms with Crippen molar-refractivity contribution in [1.82, 2.24) is 10.3 Å². The van der Waals surface area contributed by atoms with Crippen molar-refractivity contribution in [2.24, 2.45) is 0 Å². The number of anilines is 2. The molecule has 15 heavy (non-hydrogen) atoms. The standard InChI is InChI=1S/C9H16N4OS/c1-9(2,3)13-8-12-6(10)5(15-8)7(14)11-4/h10H2,1-4H3,(H,11,14)(H,12,13). The van der Waals surface area contributed by atoms with E-state index in [0.29, 0.717) is 10.0 Å². The highest BCUT2D eigenvalue weighted by Gasteiger charge is 2.17. The molecule has 0 aromatic carbocycles. The van der Waals surface area contributed by atoms with Gasteiger partial charge in [-0.1, -0.05) is 11.3 Å². The lowest BCUT2D eigenvalue weighted by molar-refractivity contribution is 0.0968. The van der Waals surface area contributed by atoms with Gasteiger partial charge in [-0.05, 0) is 20.8 Å². The van der Waals surface area contributed by atoms with E-state index in [0.717, 1.165) is 0 Å². The summed E-state index contributed by atoms with van der Waals surface area (Å²) in [5.74, 6) is 0.0676. The molecule has 1 rings (SSSR count). The molecule has 84 valence electrons. The normalized spacial score (nSPS) is 11.2. The van der Waals surface area contributed by atoms with Gasteiger partial charge in [0.2, 0.25) is 0 Å². The molecule has 0 bridgehead atoms. The van der Waals surface area contributed by atoms with Gasteiger partial charge < -0.3 is 16.4 Å². The zero-order valence-electron chi connectivity index (χ0n) is 9.34. The lowest BCUT2D eigenvalue weighted by atomic mass is 10.1. The molecule has 1 aromatic rings. The molecule has 0 saturated heterocycles. The molecule has 0 aliphatic carbocycles. The molecule has 0 spiro atoms. The Morgan fingerprint density at radius 1 is 1.47 bits per heavy atom. The van der Waals surface area contributed by atoms with Crippen LogP contribution in [0, 0.1) is 0 Å². The second kappa shape index (κ2) is 4.06. The van der Waals surface area contributed by atoms with Gasteiger partial charge in [-0.15, -0.1) is 0 Å². The van der Waals surface area contributed by atoms with Gasteiger partial charge in [0.05, 0.1) is 0 Å². The summed E-state index contributed by atoms with van der Waals surface area (Å²) in [5.41, 5.74) is 5.54. The summed E-state index contributed by atoms with van der Waals surface area (Å²) in [6.45, 7) is 6.05. The summed E-state index contributed by atoms with van der Waals surface area (Å²) in [4.78, 5) is 15.9. The van der Waals surface area contributed by atoms with Gasteiger partial charge >= 0.3 is 0 Å². The Bertz CT molecular complexity index is 367. The third-order valence-electron chi connectivity index (χ3n) is 1.57. The van der Waals surface area contributed by atoms with Crippen molar-refractivity contribution >= 4 is 28.2 Å². The molecule has 0 aliphatic rings. The number of hydrogen-bond donors (Lipinski definition) is 3. The predicted molar refractivity (Wildman–Crippen MR) is 63.3 cm³/mol. The molecule has 1 amide bonds. The summed E-state index contributed by atoms with van der Waals surface area (Å²) < 4.78 is 0. The smallest absolute Gasteiger partial charge is 0.265 e. The van der Waals surface area contributed by atoms with E-state index >= 15 is 0 Å². The average molecular weight is 228 g/mol. The van der Waals surface area contributed by atoms with Crippen molar-refractivity contribution in [2.45, 2.75) is 26.3 Å². The first-order chi connectivity index (χ1) is 6.83. The van der Waals surface area contributed by atoms with Crippen molar-refractivity contribution in [3.05, 3.63) is 4.88 Å². The first-order valence-corrected chi connectivity index (χ1v) is 5.41. The third kappa shape index (κ3) is 3.09. The van der Waals surface area contributed by atoms with Crippen molar-refractivity contribution in [2.75, 3.05) is 18.1 Å². The van der Waals surface area contributed by atoms with Crippen LogP contribution < -0.4 is 16.4 Å². The van der Waals surface area contributed by atoms with E-state index in [9.17, 15) is 4.79 Å². The molecular weight excluding hydrogens is 212 g/mol. The van der Waals surface area contributed by atoms with Crippen molar-refractivity contribution in [3.63, 3.8) is 0 Å². The number of nitrogens with zero attached hydrogens (tertiary/aromatic N) is 1. The van der Waals surface area contributed by atoms with E-state index < -0.39 is 0 Å². The predicted octanol–water partition coefficient (Wildman–Crippen LogP) is 1.30. The van der Waals surface area contributed by atoms with Crippen LogP contribution in [-0.2, 0) is 0 Å². The minimum Gasteiger partial charge on any atom is -0.382 e. The van der Waals surface area contributed by atoms with Gasteiger partial charge in [-0.25, -0.2) is 4.98 Å². The fourth-order valence-electron chi connectivity index (χ4n) is 0.982. The van der Waals surface area contributed by atoms with Gasteiger partial charge in [0.15, 0.2) is 5.13 Å². The lowest BCUT2D eigenvalue weighted by Crippen LogP contribution is -2.25. The number of rotatable bonds is 2. The Balaban J connectivity index is 2.91. The van der Waals surface area contributed by atoms with E-state index in [-0.39, 0.29) is 17.3 Å². The summed E-state index contributed by atoms with van der Waals surface area (Å²) in [6.07, 6.45) is 0. The lowest BCUT2D eigenvalue weighted by Gasteiger charge is -2.19. The maximum atomic E-state index is 11.4. The molecule has 5 nitrogen and oxygen atoms in total. The minimum atomic E-state index is -0.202. The van der Waals surface area contributed by atoms with Crippen molar-refractivity contribution < 1.29 is 4.79 Å². The number of nitrogens with one attached hydrogen (secondary N) is 2. The van der Waals surface area contributed by atoms with Crippen LogP contribution in [0.15, 0.2) is 0 Å². The third-order valence-corrected chi connectivity index (χ3v) is 2.55. The highest BCUT2D eigenvalue weighted by atomic mass is 32.1. The number of thiazole rings is 1. The molecule has 0 aliphatic heterocycles. The summed E-state index contributed by atoms with van der Waals surface area (Å²) in [5, 5.41) is 6.36. The van der Waals surface area contributed by atoms with Crippen molar-refractivity contribution in [3.8, 4) is 0 Å². The fraction of sp³-hybridized carbons (Fsp3) is 0.556. The number of aromatic nitrogens is 1. The maximum Gasteiger partial charge on any atom is 0.265 e. The average Bonchev–Trinajstić information content (AvgIpc) is 2.42. The van der Waals surface area contributed by atoms with E-state index in [1.54, 1.807) is 7.05 Å². The molecule has 4 N–H and O–H groups in total. The number of amides is 1. The van der Waals surface area contributed by atoms with Crippen LogP contribution in [0.5, 0.6) is 0 Å². The molecule has 0 fully saturated rings. The minimum absolute atomic E-state index is 0.0930. The largest absolute Gasteiger partial charge is 0.382 e. The molecule has 0 saturated carbocycles. The summed E-state index contributed by atoms with van der Waals surface area (Å²) in [6, 6.07) is 0. The van der Waals surface area contributed by atoms with Gasteiger partial charge in [0.1, 0.15) is 10.7 Å². The number of hydrogen-bond acceptors (Lipinski definition) is 5. The van der Waals surface area contributed by atoms with Crippen LogP contribution in [0.25, 0.3) is 0 Å². The van der Waals surface area contributed by atoms with Gasteiger partial charge in [-0.2, -0.15) is 0 Å². The molecular formula is C9H16N4OS. The van der Waals surface area contributed by atoms with E-state index in [1.807, 2.05) is 20.8 Å². The Morgan fingerprint density at radius 2 is 2.07 bits per heavy atom. The topological polar surface area (TPSA) is 80.0 Å². The Morgan fingerprint density at radius 3 is 2.53 bits per heavy atom. The highest BCUT2D eigenvalue weighted by Crippen LogP contribution is 2.26. The van der Waals surface area contributed by atoms with Gasteiger partial charge in [-0.3, -0.25) is 4.79 Å². The molecule has 1 heterocycles. The fourth-order valence-corrected chi connectivity index (χ4v) is 2.02. The maximum absolute atomic E-state index is 11.4. The number of carbonyl (C=O) groups is 1. The molecule has 1 aromatic heterocycles. The molecule has 6 heteroatoms. The van der Waals surface area contributed by atoms with E-state index in [4.69, 9.17) is 5.73 Å². The van der Waals surface area contributed by atoms with Crippen LogP contribution in [0.4, 0.5) is 10.9 Å². The summed E-state index contributed by atoms with van der Waals surface area (Å²) >= 11 is 1.26. The molecule has 0 atom stereocenters. The van der Waals surface area contributed by atoms with Crippen LogP contribution in [0.1, 0.15) is 30.4 Å². The Labute approximate surface area is 93.1 Å². The van der Waals surface area contributed by atoms with Gasteiger partial charge in [0.25, 0.3) is 5.91 Å². The zero-order valence-corrected chi connectivity index (χ0v) is 10.2. The van der Waals surface area contributed by atoms with Crippen LogP contribution >= 0.6 is 11.3 Å². The van der Waals surface area contributed by atoms with Gasteiger partial charge in [0, 0.05) is 12.6 Å². The van der Waals surface area contributed by atoms with Crippen LogP contribution in [0.2, 0.25) is 0 Å². The second-order valence-corrected chi connectivity index (χ2v) is 5.19. The SMILES string of the molecule is CNC(=O)c1sc(NC(C)(C)C)nc1N. The van der Waals surface area contributed by atoms with Crippen molar-refractivity contribution in [1.29, 1.82) is 0 Å². The van der Waals surface area contributed by atoms with E-state index in [1.165, 1.54) is 11.3 Å². The highest BCUT2D eigenvalue weighted by molar-refractivity contribution is 7.18. The second-order valence-electron chi connectivity index (χ2n) is 4.19. The monoisotopic (exact) mass is 228 g/mol. The Hall–Kier alpha value is -1.30.